The van der Waals surface area contributed by atoms with Crippen LogP contribution in [-0.2, 0) is 13.0 Å². The molecule has 0 saturated heterocycles. The van der Waals surface area contributed by atoms with Crippen molar-refractivity contribution in [1.82, 2.24) is 20.4 Å². The molecule has 134 valence electrons. The van der Waals surface area contributed by atoms with Crippen LogP contribution < -0.4 is 10.6 Å². The third kappa shape index (κ3) is 3.55. The second kappa shape index (κ2) is 7.17. The lowest BCUT2D eigenvalue weighted by atomic mass is 10.00. The highest BCUT2D eigenvalue weighted by Crippen LogP contribution is 2.20. The smallest absolute Gasteiger partial charge is 0.319 e. The molecule has 4 rings (SSSR count). The molecule has 2 amide bonds. The van der Waals surface area contributed by atoms with Crippen LogP contribution >= 0.6 is 0 Å². The van der Waals surface area contributed by atoms with Gasteiger partial charge >= 0.3 is 6.03 Å². The van der Waals surface area contributed by atoms with E-state index in [4.69, 9.17) is 0 Å². The molecule has 0 aliphatic carbocycles. The number of carbonyl (C=O) groups is 1. The van der Waals surface area contributed by atoms with Crippen LogP contribution in [0, 0.1) is 0 Å². The van der Waals surface area contributed by atoms with Gasteiger partial charge in [0.25, 0.3) is 0 Å². The molecule has 0 bridgehead atoms. The summed E-state index contributed by atoms with van der Waals surface area (Å²) >= 11 is 0. The van der Waals surface area contributed by atoms with Crippen LogP contribution in [0.1, 0.15) is 18.1 Å². The number of hydrogen-bond donors (Lipinski definition) is 3. The topological polar surface area (TPSA) is 73.1 Å². The zero-order chi connectivity index (χ0) is 17.9. The summed E-state index contributed by atoms with van der Waals surface area (Å²) in [6.07, 6.45) is 2.81. The second-order valence-electron chi connectivity index (χ2n) is 6.89. The van der Waals surface area contributed by atoms with Crippen molar-refractivity contribution in [2.45, 2.75) is 25.9 Å². The van der Waals surface area contributed by atoms with Gasteiger partial charge < -0.3 is 10.6 Å². The number of anilines is 1. The number of fused-ring (bicyclic) bond motifs is 2. The Kier molecular flexibility index (Phi) is 4.58. The number of aromatic amines is 1. The Hall–Kier alpha value is -2.86. The number of amides is 2. The Labute approximate surface area is 152 Å². The minimum absolute atomic E-state index is 0.0567. The molecule has 1 aliphatic rings. The van der Waals surface area contributed by atoms with Crippen molar-refractivity contribution in [3.8, 4) is 0 Å². The third-order valence-corrected chi connectivity index (χ3v) is 4.84. The van der Waals surface area contributed by atoms with Crippen LogP contribution in [0.25, 0.3) is 10.9 Å². The quantitative estimate of drug-likeness (QED) is 0.677. The van der Waals surface area contributed by atoms with E-state index < -0.39 is 0 Å². The molecule has 1 aromatic heterocycles. The van der Waals surface area contributed by atoms with Gasteiger partial charge in [-0.15, -0.1) is 0 Å². The van der Waals surface area contributed by atoms with E-state index in [1.165, 1.54) is 11.1 Å². The van der Waals surface area contributed by atoms with E-state index in [0.29, 0.717) is 0 Å². The van der Waals surface area contributed by atoms with E-state index >= 15 is 0 Å². The molecule has 0 fully saturated rings. The molecule has 6 heteroatoms. The molecular weight excluding hydrogens is 326 g/mol. The molecule has 3 aromatic rings. The predicted octanol–water partition coefficient (Wildman–Crippen LogP) is 3.13. The largest absolute Gasteiger partial charge is 0.334 e. The fourth-order valence-electron chi connectivity index (χ4n) is 3.60. The number of carbonyl (C=O) groups excluding carboxylic acids is 1. The number of H-pyrrole nitrogens is 1. The molecular formula is C20H23N5O. The van der Waals surface area contributed by atoms with Crippen LogP contribution in [-0.4, -0.2) is 40.3 Å². The Morgan fingerprint density at radius 3 is 2.96 bits per heavy atom. The minimum Gasteiger partial charge on any atom is -0.334 e. The predicted molar refractivity (Wildman–Crippen MR) is 103 cm³/mol. The summed E-state index contributed by atoms with van der Waals surface area (Å²) in [5.74, 6) is 0. The number of aromatic nitrogens is 2. The standard InChI is InChI=1S/C20H23N5O/c1-14(12-25-10-9-15-5-2-3-6-17(15)13-25)22-20(26)23-18-8-4-7-16-11-21-24-19(16)18/h2-8,11,14H,9-10,12-13H2,1H3,(H,21,24)(H2,22,23,26)/t14-/m0/s1. The maximum absolute atomic E-state index is 12.4. The summed E-state index contributed by atoms with van der Waals surface area (Å²) in [5, 5.41) is 13.9. The molecule has 0 saturated carbocycles. The number of rotatable bonds is 4. The maximum Gasteiger partial charge on any atom is 0.319 e. The lowest BCUT2D eigenvalue weighted by Gasteiger charge is -2.31. The van der Waals surface area contributed by atoms with Crippen LogP contribution in [0.3, 0.4) is 0 Å². The first-order valence-corrected chi connectivity index (χ1v) is 8.98. The average Bonchev–Trinajstić information content (AvgIpc) is 3.11. The van der Waals surface area contributed by atoms with Crippen molar-refractivity contribution in [1.29, 1.82) is 0 Å². The van der Waals surface area contributed by atoms with Gasteiger partial charge in [0.05, 0.1) is 17.4 Å². The van der Waals surface area contributed by atoms with Crippen LogP contribution in [0.15, 0.2) is 48.7 Å². The van der Waals surface area contributed by atoms with Gasteiger partial charge in [0, 0.05) is 31.1 Å². The van der Waals surface area contributed by atoms with Gasteiger partial charge in [0.2, 0.25) is 0 Å². The number of urea groups is 1. The summed E-state index contributed by atoms with van der Waals surface area (Å²) in [6.45, 7) is 4.84. The number of hydrogen-bond acceptors (Lipinski definition) is 3. The third-order valence-electron chi connectivity index (χ3n) is 4.84. The van der Waals surface area contributed by atoms with Crippen molar-refractivity contribution in [3.05, 3.63) is 59.8 Å². The number of para-hydroxylation sites is 1. The fourth-order valence-corrected chi connectivity index (χ4v) is 3.60. The monoisotopic (exact) mass is 349 g/mol. The molecule has 6 nitrogen and oxygen atoms in total. The SMILES string of the molecule is C[C@@H](CN1CCc2ccccc2C1)NC(=O)Nc1cccc2cn[nH]c12. The van der Waals surface area contributed by atoms with Gasteiger partial charge in [-0.05, 0) is 30.5 Å². The lowest BCUT2D eigenvalue weighted by molar-refractivity contribution is 0.221. The summed E-state index contributed by atoms with van der Waals surface area (Å²) < 4.78 is 0. The van der Waals surface area contributed by atoms with Crippen molar-refractivity contribution in [2.24, 2.45) is 0 Å². The van der Waals surface area contributed by atoms with E-state index in [0.717, 1.165) is 42.6 Å². The van der Waals surface area contributed by atoms with Gasteiger partial charge in [0.1, 0.15) is 0 Å². The highest BCUT2D eigenvalue weighted by atomic mass is 16.2. The summed E-state index contributed by atoms with van der Waals surface area (Å²) in [7, 11) is 0. The normalized spacial score (nSPS) is 15.4. The van der Waals surface area contributed by atoms with Gasteiger partial charge in [-0.3, -0.25) is 10.00 Å². The molecule has 0 spiro atoms. The molecule has 0 unspecified atom stereocenters. The van der Waals surface area contributed by atoms with Crippen molar-refractivity contribution >= 4 is 22.6 Å². The van der Waals surface area contributed by atoms with Crippen molar-refractivity contribution in [2.75, 3.05) is 18.4 Å². The summed E-state index contributed by atoms with van der Waals surface area (Å²) in [5.41, 5.74) is 4.40. The van der Waals surface area contributed by atoms with Crippen molar-refractivity contribution < 1.29 is 4.79 Å². The second-order valence-corrected chi connectivity index (χ2v) is 6.89. The summed E-state index contributed by atoms with van der Waals surface area (Å²) in [4.78, 5) is 14.7. The molecule has 1 atom stereocenters. The first kappa shape index (κ1) is 16.6. The molecule has 26 heavy (non-hydrogen) atoms. The fraction of sp³-hybridized carbons (Fsp3) is 0.300. The molecule has 2 heterocycles. The van der Waals surface area contributed by atoms with E-state index in [1.807, 2.05) is 25.1 Å². The first-order valence-electron chi connectivity index (χ1n) is 8.98. The van der Waals surface area contributed by atoms with Gasteiger partial charge in [0.15, 0.2) is 0 Å². The number of benzene rings is 2. The van der Waals surface area contributed by atoms with Crippen LogP contribution in [0.4, 0.5) is 10.5 Å². The van der Waals surface area contributed by atoms with Crippen molar-refractivity contribution in [3.63, 3.8) is 0 Å². The average molecular weight is 349 g/mol. The Bertz CT molecular complexity index is 919. The van der Waals surface area contributed by atoms with E-state index in [2.05, 4.69) is 50.0 Å². The van der Waals surface area contributed by atoms with E-state index in [1.54, 1.807) is 6.20 Å². The Morgan fingerprint density at radius 1 is 1.23 bits per heavy atom. The molecule has 3 N–H and O–H groups in total. The van der Waals surface area contributed by atoms with Crippen LogP contribution in [0.2, 0.25) is 0 Å². The first-order chi connectivity index (χ1) is 12.7. The van der Waals surface area contributed by atoms with E-state index in [9.17, 15) is 4.79 Å². The number of nitrogens with zero attached hydrogens (tertiary/aromatic N) is 2. The Morgan fingerprint density at radius 2 is 2.08 bits per heavy atom. The zero-order valence-corrected chi connectivity index (χ0v) is 14.8. The lowest BCUT2D eigenvalue weighted by Crippen LogP contribution is -2.45. The number of nitrogens with one attached hydrogen (secondary N) is 3. The van der Waals surface area contributed by atoms with Crippen LogP contribution in [0.5, 0.6) is 0 Å². The highest BCUT2D eigenvalue weighted by Gasteiger charge is 2.18. The maximum atomic E-state index is 12.4. The molecule has 1 aliphatic heterocycles. The van der Waals surface area contributed by atoms with Gasteiger partial charge in [-0.1, -0.05) is 36.4 Å². The van der Waals surface area contributed by atoms with Gasteiger partial charge in [-0.2, -0.15) is 5.10 Å². The Balaban J connectivity index is 1.33. The molecule has 2 aromatic carbocycles. The zero-order valence-electron chi connectivity index (χ0n) is 14.8. The summed E-state index contributed by atoms with van der Waals surface area (Å²) in [6, 6.07) is 14.2. The molecule has 0 radical (unpaired) electrons. The van der Waals surface area contributed by atoms with Gasteiger partial charge in [-0.25, -0.2) is 4.79 Å². The minimum atomic E-state index is -0.197. The van der Waals surface area contributed by atoms with E-state index in [-0.39, 0.29) is 12.1 Å². The highest BCUT2D eigenvalue weighted by molar-refractivity contribution is 5.99.